The Labute approximate surface area is 126 Å². The van der Waals surface area contributed by atoms with Crippen LogP contribution in [0.2, 0.25) is 5.02 Å². The predicted molar refractivity (Wildman–Crippen MR) is 78.3 cm³/mol. The summed E-state index contributed by atoms with van der Waals surface area (Å²) in [7, 11) is 0. The molecule has 0 radical (unpaired) electrons. The van der Waals surface area contributed by atoms with Gasteiger partial charge in [0.25, 0.3) is 0 Å². The van der Waals surface area contributed by atoms with Crippen molar-refractivity contribution < 1.29 is 4.79 Å². The predicted octanol–water partition coefficient (Wildman–Crippen LogP) is 1.34. The van der Waals surface area contributed by atoms with E-state index < -0.39 is 5.91 Å². The number of hydrogen-bond acceptors (Lipinski definition) is 5. The first kappa shape index (κ1) is 13.8. The molecule has 7 nitrogen and oxygen atoms in total. The lowest BCUT2D eigenvalue weighted by atomic mass is 9.97. The molecule has 0 spiro atoms. The average Bonchev–Trinajstić information content (AvgIpc) is 3.01. The smallest absolute Gasteiger partial charge is 0.250 e. The Morgan fingerprint density at radius 1 is 1.48 bits per heavy atom. The largest absolute Gasteiger partial charge is 0.366 e. The van der Waals surface area contributed by atoms with Crippen molar-refractivity contribution in [3.05, 3.63) is 35.0 Å². The zero-order valence-electron chi connectivity index (χ0n) is 11.3. The first-order valence-corrected chi connectivity index (χ1v) is 7.08. The van der Waals surface area contributed by atoms with E-state index in [1.54, 1.807) is 6.07 Å². The van der Waals surface area contributed by atoms with E-state index in [-0.39, 0.29) is 5.92 Å². The number of nitrogens with one attached hydrogen (secondary N) is 1. The fraction of sp³-hybridized carbons (Fsp3) is 0.385. The minimum Gasteiger partial charge on any atom is -0.366 e. The van der Waals surface area contributed by atoms with E-state index in [1.165, 1.54) is 12.5 Å². The quantitative estimate of drug-likeness (QED) is 0.891. The lowest BCUT2D eigenvalue weighted by Crippen LogP contribution is -2.35. The Morgan fingerprint density at radius 2 is 2.33 bits per heavy atom. The van der Waals surface area contributed by atoms with Gasteiger partial charge in [-0.1, -0.05) is 11.6 Å². The molecule has 0 saturated carbocycles. The molecule has 1 atom stereocenters. The Morgan fingerprint density at radius 3 is 3.00 bits per heavy atom. The van der Waals surface area contributed by atoms with Gasteiger partial charge in [0, 0.05) is 25.2 Å². The number of piperidine rings is 1. The highest BCUT2D eigenvalue weighted by Gasteiger charge is 2.25. The third-order valence-electron chi connectivity index (χ3n) is 3.65. The second-order valence-electron chi connectivity index (χ2n) is 5.05. The number of carbonyl (C=O) groups excluding carboxylic acids is 1. The zero-order valence-corrected chi connectivity index (χ0v) is 12.0. The summed E-state index contributed by atoms with van der Waals surface area (Å²) in [6.45, 7) is 1.63. The van der Waals surface area contributed by atoms with Crippen molar-refractivity contribution in [2.75, 3.05) is 18.0 Å². The number of carbonyl (C=O) groups is 1. The molecule has 2 aromatic heterocycles. The molecule has 0 unspecified atom stereocenters. The number of amides is 1. The highest BCUT2D eigenvalue weighted by molar-refractivity contribution is 6.33. The van der Waals surface area contributed by atoms with Gasteiger partial charge < -0.3 is 10.6 Å². The fourth-order valence-electron chi connectivity index (χ4n) is 2.60. The molecule has 110 valence electrons. The molecule has 1 aliphatic heterocycles. The van der Waals surface area contributed by atoms with Crippen LogP contribution in [0.5, 0.6) is 0 Å². The van der Waals surface area contributed by atoms with Crippen molar-refractivity contribution in [2.24, 2.45) is 5.73 Å². The Balaban J connectivity index is 1.82. The molecule has 0 bridgehead atoms. The molecule has 3 N–H and O–H groups in total. The number of H-pyrrole nitrogens is 1. The summed E-state index contributed by atoms with van der Waals surface area (Å²) in [6, 6.07) is 1.56. The van der Waals surface area contributed by atoms with Crippen molar-refractivity contribution in [3.8, 4) is 0 Å². The molecule has 1 saturated heterocycles. The summed E-state index contributed by atoms with van der Waals surface area (Å²) in [5.74, 6) is 1.29. The van der Waals surface area contributed by atoms with Crippen LogP contribution < -0.4 is 10.6 Å². The van der Waals surface area contributed by atoms with Crippen LogP contribution in [-0.4, -0.2) is 39.2 Å². The summed E-state index contributed by atoms with van der Waals surface area (Å²) in [4.78, 5) is 21.7. The van der Waals surface area contributed by atoms with Gasteiger partial charge in [0.1, 0.15) is 18.0 Å². The molecule has 2 aromatic rings. The number of aromatic nitrogens is 4. The number of halogens is 1. The second kappa shape index (κ2) is 5.69. The Bertz CT molecular complexity index is 644. The van der Waals surface area contributed by atoms with Gasteiger partial charge in [-0.05, 0) is 18.9 Å². The maximum absolute atomic E-state index is 11.1. The van der Waals surface area contributed by atoms with Crippen molar-refractivity contribution in [3.63, 3.8) is 0 Å². The molecule has 1 aliphatic rings. The standard InChI is InChI=1S/C13H15ClN6O/c14-10-4-9(11(15)21)5-16-13(10)20-3-1-2-8(6-20)12-17-7-18-19-12/h4-5,7-8H,1-3,6H2,(H2,15,21)(H,17,18,19)/t8-/m1/s1. The van der Waals surface area contributed by atoms with E-state index >= 15 is 0 Å². The normalized spacial score (nSPS) is 18.7. The number of primary amides is 1. The van der Waals surface area contributed by atoms with Crippen LogP contribution in [0.3, 0.4) is 0 Å². The summed E-state index contributed by atoms with van der Waals surface area (Å²) < 4.78 is 0. The molecule has 3 rings (SSSR count). The van der Waals surface area contributed by atoms with Crippen molar-refractivity contribution in [1.82, 2.24) is 20.2 Å². The van der Waals surface area contributed by atoms with Crippen molar-refractivity contribution >= 4 is 23.3 Å². The topological polar surface area (TPSA) is 101 Å². The minimum absolute atomic E-state index is 0.273. The Kier molecular flexibility index (Phi) is 3.74. The highest BCUT2D eigenvalue weighted by Crippen LogP contribution is 2.31. The van der Waals surface area contributed by atoms with Gasteiger partial charge in [0.05, 0.1) is 10.6 Å². The van der Waals surface area contributed by atoms with Crippen LogP contribution in [-0.2, 0) is 0 Å². The maximum Gasteiger partial charge on any atom is 0.250 e. The fourth-order valence-corrected chi connectivity index (χ4v) is 2.89. The van der Waals surface area contributed by atoms with Gasteiger partial charge in [0.2, 0.25) is 5.91 Å². The van der Waals surface area contributed by atoms with Crippen LogP contribution >= 0.6 is 11.6 Å². The number of anilines is 1. The lowest BCUT2D eigenvalue weighted by Gasteiger charge is -2.33. The number of rotatable bonds is 3. The maximum atomic E-state index is 11.1. The second-order valence-corrected chi connectivity index (χ2v) is 5.46. The van der Waals surface area contributed by atoms with Gasteiger partial charge in [-0.3, -0.25) is 9.89 Å². The third kappa shape index (κ3) is 2.82. The molecular weight excluding hydrogens is 292 g/mol. The molecule has 21 heavy (non-hydrogen) atoms. The van der Waals surface area contributed by atoms with E-state index in [0.29, 0.717) is 16.4 Å². The summed E-state index contributed by atoms with van der Waals surface area (Å²) in [5, 5.41) is 7.25. The zero-order chi connectivity index (χ0) is 14.8. The van der Waals surface area contributed by atoms with E-state index in [9.17, 15) is 4.79 Å². The number of pyridine rings is 1. The number of nitrogens with zero attached hydrogens (tertiary/aromatic N) is 4. The van der Waals surface area contributed by atoms with E-state index in [4.69, 9.17) is 17.3 Å². The first-order valence-electron chi connectivity index (χ1n) is 6.70. The van der Waals surface area contributed by atoms with Gasteiger partial charge in [0.15, 0.2) is 0 Å². The SMILES string of the molecule is NC(=O)c1cnc(N2CCC[C@@H](c3ncn[nH]3)C2)c(Cl)c1. The van der Waals surface area contributed by atoms with Crippen molar-refractivity contribution in [2.45, 2.75) is 18.8 Å². The lowest BCUT2D eigenvalue weighted by molar-refractivity contribution is 0.1000. The van der Waals surface area contributed by atoms with Crippen molar-refractivity contribution in [1.29, 1.82) is 0 Å². The van der Waals surface area contributed by atoms with Crippen LogP contribution in [0.25, 0.3) is 0 Å². The van der Waals surface area contributed by atoms with E-state index in [1.807, 2.05) is 0 Å². The summed E-state index contributed by atoms with van der Waals surface area (Å²) in [5.41, 5.74) is 5.54. The van der Waals surface area contributed by atoms with Crippen LogP contribution in [0.15, 0.2) is 18.6 Å². The van der Waals surface area contributed by atoms with Crippen LogP contribution in [0, 0.1) is 0 Å². The molecule has 8 heteroatoms. The highest BCUT2D eigenvalue weighted by atomic mass is 35.5. The molecule has 3 heterocycles. The van der Waals surface area contributed by atoms with Crippen LogP contribution in [0.1, 0.15) is 34.9 Å². The number of aromatic amines is 1. The van der Waals surface area contributed by atoms with E-state index in [0.717, 1.165) is 31.8 Å². The van der Waals surface area contributed by atoms with Crippen LogP contribution in [0.4, 0.5) is 5.82 Å². The average molecular weight is 307 g/mol. The summed E-state index contributed by atoms with van der Waals surface area (Å²) in [6.07, 6.45) is 5.03. The molecule has 1 fully saturated rings. The molecule has 0 aliphatic carbocycles. The van der Waals surface area contributed by atoms with E-state index in [2.05, 4.69) is 25.1 Å². The monoisotopic (exact) mass is 306 g/mol. The molecule has 1 amide bonds. The van der Waals surface area contributed by atoms with Gasteiger partial charge in [-0.25, -0.2) is 9.97 Å². The van der Waals surface area contributed by atoms with Gasteiger partial charge >= 0.3 is 0 Å². The molecule has 0 aromatic carbocycles. The number of hydrogen-bond donors (Lipinski definition) is 2. The van der Waals surface area contributed by atoms with Gasteiger partial charge in [-0.2, -0.15) is 5.10 Å². The van der Waals surface area contributed by atoms with Gasteiger partial charge in [-0.15, -0.1) is 0 Å². The summed E-state index contributed by atoms with van der Waals surface area (Å²) >= 11 is 6.23. The third-order valence-corrected chi connectivity index (χ3v) is 3.93. The molecular formula is C13H15ClN6O. The minimum atomic E-state index is -0.533. The first-order chi connectivity index (χ1) is 10.1. The number of nitrogens with two attached hydrogens (primary N) is 1. The Hall–Kier alpha value is -2.15.